The lowest BCUT2D eigenvalue weighted by molar-refractivity contribution is -0.118. The standard InChI is InChI=1S/C16H10FN3O3/c17-11-5-12-15(23-8-14(21)19-12)13(6-11)20-16(22)10-3-1-2-9(4-10)7-18/h1-6H,8H2,(H,19,21)(H,20,22). The monoisotopic (exact) mass is 311 g/mol. The van der Waals surface area contributed by atoms with Crippen LogP contribution in [0.4, 0.5) is 15.8 Å². The summed E-state index contributed by atoms with van der Waals surface area (Å²) in [5.74, 6) is -1.36. The topological polar surface area (TPSA) is 91.2 Å². The average molecular weight is 311 g/mol. The molecule has 0 saturated heterocycles. The predicted molar refractivity (Wildman–Crippen MR) is 79.6 cm³/mol. The Morgan fingerprint density at radius 3 is 2.96 bits per heavy atom. The van der Waals surface area contributed by atoms with Gasteiger partial charge in [0.2, 0.25) is 0 Å². The van der Waals surface area contributed by atoms with Gasteiger partial charge in [0.25, 0.3) is 11.8 Å². The Morgan fingerprint density at radius 2 is 2.17 bits per heavy atom. The van der Waals surface area contributed by atoms with Gasteiger partial charge in [-0.3, -0.25) is 9.59 Å². The first-order valence-corrected chi connectivity index (χ1v) is 6.64. The zero-order valence-corrected chi connectivity index (χ0v) is 11.7. The molecule has 0 aliphatic carbocycles. The van der Waals surface area contributed by atoms with Crippen LogP contribution < -0.4 is 15.4 Å². The van der Waals surface area contributed by atoms with Crippen molar-refractivity contribution in [1.82, 2.24) is 0 Å². The van der Waals surface area contributed by atoms with E-state index in [1.54, 1.807) is 12.1 Å². The number of nitrogens with one attached hydrogen (secondary N) is 2. The fourth-order valence-corrected chi connectivity index (χ4v) is 2.18. The van der Waals surface area contributed by atoms with E-state index in [9.17, 15) is 14.0 Å². The second-order valence-electron chi connectivity index (χ2n) is 4.81. The van der Waals surface area contributed by atoms with Crippen molar-refractivity contribution in [3.8, 4) is 11.8 Å². The van der Waals surface area contributed by atoms with E-state index in [0.29, 0.717) is 5.56 Å². The summed E-state index contributed by atoms with van der Waals surface area (Å²) in [4.78, 5) is 23.5. The average Bonchev–Trinajstić information content (AvgIpc) is 2.54. The molecule has 0 fully saturated rings. The number of benzene rings is 2. The number of hydrogen-bond acceptors (Lipinski definition) is 4. The number of hydrogen-bond donors (Lipinski definition) is 2. The van der Waals surface area contributed by atoms with Crippen LogP contribution in [0.5, 0.6) is 5.75 Å². The second kappa shape index (κ2) is 5.77. The zero-order chi connectivity index (χ0) is 16.4. The first-order chi connectivity index (χ1) is 11.1. The Labute approximate surface area is 130 Å². The van der Waals surface area contributed by atoms with Gasteiger partial charge in [0, 0.05) is 17.7 Å². The highest BCUT2D eigenvalue weighted by Gasteiger charge is 2.22. The van der Waals surface area contributed by atoms with Crippen LogP contribution in [-0.4, -0.2) is 18.4 Å². The fourth-order valence-electron chi connectivity index (χ4n) is 2.18. The van der Waals surface area contributed by atoms with E-state index in [1.807, 2.05) is 6.07 Å². The van der Waals surface area contributed by atoms with Crippen LogP contribution >= 0.6 is 0 Å². The van der Waals surface area contributed by atoms with Crippen molar-refractivity contribution >= 4 is 23.2 Å². The van der Waals surface area contributed by atoms with Crippen LogP contribution in [0.15, 0.2) is 36.4 Å². The Morgan fingerprint density at radius 1 is 1.35 bits per heavy atom. The molecule has 3 rings (SSSR count). The Hall–Kier alpha value is -3.40. The van der Waals surface area contributed by atoms with Crippen LogP contribution in [0.25, 0.3) is 0 Å². The van der Waals surface area contributed by atoms with E-state index < -0.39 is 17.6 Å². The maximum Gasteiger partial charge on any atom is 0.262 e. The summed E-state index contributed by atoms with van der Waals surface area (Å²) in [5, 5.41) is 13.9. The van der Waals surface area contributed by atoms with Crippen molar-refractivity contribution in [2.24, 2.45) is 0 Å². The van der Waals surface area contributed by atoms with Crippen LogP contribution in [0.2, 0.25) is 0 Å². The lowest BCUT2D eigenvalue weighted by Crippen LogP contribution is -2.26. The molecule has 0 atom stereocenters. The quantitative estimate of drug-likeness (QED) is 0.890. The molecule has 1 heterocycles. The number of amides is 2. The van der Waals surface area contributed by atoms with Crippen molar-refractivity contribution in [3.05, 3.63) is 53.3 Å². The minimum absolute atomic E-state index is 0.104. The van der Waals surface area contributed by atoms with Gasteiger partial charge in [0.1, 0.15) is 5.82 Å². The summed E-state index contributed by atoms with van der Waals surface area (Å²) in [6, 6.07) is 10.2. The molecule has 2 aromatic rings. The summed E-state index contributed by atoms with van der Waals surface area (Å²) in [6.07, 6.45) is 0. The van der Waals surface area contributed by atoms with E-state index in [1.165, 1.54) is 12.1 Å². The first-order valence-electron chi connectivity index (χ1n) is 6.64. The Bertz CT molecular complexity index is 858. The summed E-state index contributed by atoms with van der Waals surface area (Å²) in [5.41, 5.74) is 0.846. The van der Waals surface area contributed by atoms with Crippen molar-refractivity contribution in [3.63, 3.8) is 0 Å². The lowest BCUT2D eigenvalue weighted by Gasteiger charge is -2.21. The normalized spacial score (nSPS) is 12.4. The maximum atomic E-state index is 13.7. The molecule has 0 saturated carbocycles. The molecule has 2 aromatic carbocycles. The van der Waals surface area contributed by atoms with Gasteiger partial charge in [-0.1, -0.05) is 6.07 Å². The molecule has 0 radical (unpaired) electrons. The summed E-state index contributed by atoms with van der Waals surface area (Å²) < 4.78 is 18.9. The largest absolute Gasteiger partial charge is 0.479 e. The number of nitrogens with zero attached hydrogens (tertiary/aromatic N) is 1. The molecule has 0 spiro atoms. The van der Waals surface area contributed by atoms with Gasteiger partial charge in [-0.15, -0.1) is 0 Å². The molecule has 6 nitrogen and oxygen atoms in total. The Kier molecular flexibility index (Phi) is 3.65. The lowest BCUT2D eigenvalue weighted by atomic mass is 10.1. The van der Waals surface area contributed by atoms with Crippen molar-refractivity contribution in [2.45, 2.75) is 0 Å². The number of anilines is 2. The van der Waals surface area contributed by atoms with E-state index in [0.717, 1.165) is 12.1 Å². The molecule has 2 amide bonds. The van der Waals surface area contributed by atoms with Gasteiger partial charge in [0.15, 0.2) is 12.4 Å². The van der Waals surface area contributed by atoms with E-state index in [-0.39, 0.29) is 29.3 Å². The maximum absolute atomic E-state index is 13.7. The molecule has 1 aliphatic heterocycles. The van der Waals surface area contributed by atoms with E-state index in [2.05, 4.69) is 10.6 Å². The molecule has 7 heteroatoms. The van der Waals surface area contributed by atoms with Crippen LogP contribution in [0.1, 0.15) is 15.9 Å². The molecule has 114 valence electrons. The minimum atomic E-state index is -0.629. The minimum Gasteiger partial charge on any atom is -0.479 e. The highest BCUT2D eigenvalue weighted by Crippen LogP contribution is 2.36. The first kappa shape index (κ1) is 14.5. The van der Waals surface area contributed by atoms with Crippen molar-refractivity contribution in [2.75, 3.05) is 17.2 Å². The summed E-state index contributed by atoms with van der Waals surface area (Å²) in [6.45, 7) is -0.217. The van der Waals surface area contributed by atoms with Gasteiger partial charge in [0.05, 0.1) is 23.0 Å². The molecule has 0 unspecified atom stereocenters. The number of ether oxygens (including phenoxy) is 1. The van der Waals surface area contributed by atoms with Crippen molar-refractivity contribution < 1.29 is 18.7 Å². The van der Waals surface area contributed by atoms with Gasteiger partial charge in [-0.25, -0.2) is 4.39 Å². The number of nitriles is 1. The number of fused-ring (bicyclic) bond motifs is 1. The van der Waals surface area contributed by atoms with Crippen molar-refractivity contribution in [1.29, 1.82) is 5.26 Å². The van der Waals surface area contributed by atoms with Crippen LogP contribution in [0, 0.1) is 17.1 Å². The van der Waals surface area contributed by atoms with Gasteiger partial charge in [-0.2, -0.15) is 5.26 Å². The highest BCUT2D eigenvalue weighted by atomic mass is 19.1. The highest BCUT2D eigenvalue weighted by molar-refractivity contribution is 6.06. The van der Waals surface area contributed by atoms with Crippen LogP contribution in [0.3, 0.4) is 0 Å². The van der Waals surface area contributed by atoms with Gasteiger partial charge >= 0.3 is 0 Å². The Balaban J connectivity index is 1.92. The zero-order valence-electron chi connectivity index (χ0n) is 11.7. The predicted octanol–water partition coefficient (Wildman–Crippen LogP) is 2.28. The van der Waals surface area contributed by atoms with Gasteiger partial charge in [-0.05, 0) is 18.2 Å². The molecule has 0 bridgehead atoms. The second-order valence-corrected chi connectivity index (χ2v) is 4.81. The number of carbonyl (C=O) groups excluding carboxylic acids is 2. The smallest absolute Gasteiger partial charge is 0.262 e. The number of carbonyl (C=O) groups is 2. The fraction of sp³-hybridized carbons (Fsp3) is 0.0625. The third-order valence-corrected chi connectivity index (χ3v) is 3.18. The molecular weight excluding hydrogens is 301 g/mol. The number of halogens is 1. The van der Waals surface area contributed by atoms with Gasteiger partial charge < -0.3 is 15.4 Å². The number of rotatable bonds is 2. The molecule has 0 aromatic heterocycles. The molecule has 1 aliphatic rings. The SMILES string of the molecule is N#Cc1cccc(C(=O)Nc2cc(F)cc3c2OCC(=O)N3)c1. The van der Waals surface area contributed by atoms with E-state index in [4.69, 9.17) is 10.00 Å². The van der Waals surface area contributed by atoms with E-state index >= 15 is 0 Å². The molecule has 23 heavy (non-hydrogen) atoms. The summed E-state index contributed by atoms with van der Waals surface area (Å²) in [7, 11) is 0. The molecule has 2 N–H and O–H groups in total. The summed E-state index contributed by atoms with van der Waals surface area (Å²) >= 11 is 0. The molecular formula is C16H10FN3O3. The third kappa shape index (κ3) is 2.96. The third-order valence-electron chi connectivity index (χ3n) is 3.18. The van der Waals surface area contributed by atoms with Crippen LogP contribution in [-0.2, 0) is 4.79 Å².